The molecule has 1 aliphatic rings. The summed E-state index contributed by atoms with van der Waals surface area (Å²) in [5.74, 6) is 4.33. The highest BCUT2D eigenvalue weighted by atomic mass is 32.2. The van der Waals surface area contributed by atoms with Crippen molar-refractivity contribution < 1.29 is 4.79 Å². The Morgan fingerprint density at radius 3 is 2.30 bits per heavy atom. The molecule has 33 heavy (non-hydrogen) atoms. The molecule has 0 radical (unpaired) electrons. The Hall–Kier alpha value is -2.76. The fourth-order valence-electron chi connectivity index (χ4n) is 3.89. The van der Waals surface area contributed by atoms with E-state index in [2.05, 4.69) is 57.3 Å². The van der Waals surface area contributed by atoms with Gasteiger partial charge in [0.1, 0.15) is 0 Å². The summed E-state index contributed by atoms with van der Waals surface area (Å²) in [4.78, 5) is 15.5. The third-order valence-corrected chi connectivity index (χ3v) is 7.25. The molecule has 0 aliphatic heterocycles. The van der Waals surface area contributed by atoms with Gasteiger partial charge in [-0.05, 0) is 67.6 Å². The lowest BCUT2D eigenvalue weighted by atomic mass is 9.96. The number of aromatic nitrogens is 1. The number of pyridine rings is 1. The predicted octanol–water partition coefficient (Wildman–Crippen LogP) is 6.20. The Bertz CT molecular complexity index is 1030. The summed E-state index contributed by atoms with van der Waals surface area (Å²) in [5, 5.41) is 2.60. The number of carbonyl (C=O) groups excluding carboxylic acids is 1. The van der Waals surface area contributed by atoms with Crippen molar-refractivity contribution in [1.82, 2.24) is 15.0 Å². The lowest BCUT2D eigenvalue weighted by Gasteiger charge is -2.24. The SMILES string of the molecule is C=S(NC1CCCCC1)c1ccc(-c2ccnc(C)c2)cc1.Cc1ccc(CNC=O)cc1. The molecule has 174 valence electrons. The van der Waals surface area contributed by atoms with Gasteiger partial charge in [-0.2, -0.15) is 0 Å². The minimum Gasteiger partial charge on any atom is -0.355 e. The highest BCUT2D eigenvalue weighted by Gasteiger charge is 2.13. The second-order valence-electron chi connectivity index (χ2n) is 8.54. The summed E-state index contributed by atoms with van der Waals surface area (Å²) >= 11 is 0. The van der Waals surface area contributed by atoms with Crippen molar-refractivity contribution >= 4 is 23.0 Å². The Labute approximate surface area is 200 Å². The molecule has 0 saturated heterocycles. The third kappa shape index (κ3) is 8.26. The van der Waals surface area contributed by atoms with Gasteiger partial charge in [0.25, 0.3) is 0 Å². The molecule has 2 aromatic carbocycles. The van der Waals surface area contributed by atoms with Gasteiger partial charge in [0, 0.05) is 29.4 Å². The lowest BCUT2D eigenvalue weighted by Crippen LogP contribution is -2.26. The second-order valence-corrected chi connectivity index (χ2v) is 10.0. The van der Waals surface area contributed by atoms with Crippen molar-refractivity contribution in [2.75, 3.05) is 0 Å². The van der Waals surface area contributed by atoms with Crippen LogP contribution >= 0.6 is 10.7 Å². The smallest absolute Gasteiger partial charge is 0.207 e. The molecule has 1 unspecified atom stereocenters. The van der Waals surface area contributed by atoms with E-state index in [1.54, 1.807) is 0 Å². The molecule has 1 fully saturated rings. The molecule has 1 saturated carbocycles. The van der Waals surface area contributed by atoms with Crippen LogP contribution in [0.2, 0.25) is 0 Å². The molecular formula is C28H35N3OS. The van der Waals surface area contributed by atoms with Gasteiger partial charge in [0.2, 0.25) is 6.41 Å². The van der Waals surface area contributed by atoms with E-state index < -0.39 is 0 Å². The summed E-state index contributed by atoms with van der Waals surface area (Å²) in [5.41, 5.74) is 5.88. The Kier molecular flexibility index (Phi) is 9.85. The number of amides is 1. The van der Waals surface area contributed by atoms with E-state index in [-0.39, 0.29) is 10.7 Å². The number of benzene rings is 2. The van der Waals surface area contributed by atoms with E-state index >= 15 is 0 Å². The first-order chi connectivity index (χ1) is 16.0. The van der Waals surface area contributed by atoms with Gasteiger partial charge < -0.3 is 5.32 Å². The number of hydrogen-bond acceptors (Lipinski definition) is 3. The molecule has 0 bridgehead atoms. The van der Waals surface area contributed by atoms with Crippen molar-refractivity contribution in [3.63, 3.8) is 0 Å². The highest BCUT2D eigenvalue weighted by Crippen LogP contribution is 2.28. The Balaban J connectivity index is 0.000000235. The van der Waals surface area contributed by atoms with Crippen molar-refractivity contribution in [3.8, 4) is 11.1 Å². The fraction of sp³-hybridized carbons (Fsp3) is 0.321. The summed E-state index contributed by atoms with van der Waals surface area (Å²) in [6.07, 6.45) is 9.28. The van der Waals surface area contributed by atoms with Gasteiger partial charge in [-0.1, -0.05) is 77.8 Å². The van der Waals surface area contributed by atoms with Crippen LogP contribution in [0.4, 0.5) is 0 Å². The molecule has 1 atom stereocenters. The number of nitrogens with one attached hydrogen (secondary N) is 2. The largest absolute Gasteiger partial charge is 0.355 e. The van der Waals surface area contributed by atoms with Gasteiger partial charge in [0.15, 0.2) is 0 Å². The summed E-state index contributed by atoms with van der Waals surface area (Å²) in [6.45, 7) is 4.68. The number of aryl methyl sites for hydroxylation is 2. The standard InChI is InChI=1S/C19H24N2S.C9H11NO/c1-15-14-17(12-13-20-15)16-8-10-19(11-9-16)22(2)21-18-6-4-3-5-7-18;1-8-2-4-9(5-3-8)6-10-7-11/h8-14,18,21H,2-7H2,1H3;2-5,7H,6H2,1H3,(H,10,11). The quantitative estimate of drug-likeness (QED) is 0.326. The number of nitrogens with zero attached hydrogens (tertiary/aromatic N) is 1. The van der Waals surface area contributed by atoms with Crippen molar-refractivity contribution in [2.24, 2.45) is 0 Å². The van der Waals surface area contributed by atoms with Gasteiger partial charge >= 0.3 is 0 Å². The van der Waals surface area contributed by atoms with Crippen LogP contribution < -0.4 is 10.0 Å². The van der Waals surface area contributed by atoms with Crippen LogP contribution in [0, 0.1) is 13.8 Å². The van der Waals surface area contributed by atoms with E-state index in [9.17, 15) is 4.79 Å². The van der Waals surface area contributed by atoms with Crippen molar-refractivity contribution in [2.45, 2.75) is 63.4 Å². The minimum absolute atomic E-state index is 0.112. The van der Waals surface area contributed by atoms with E-state index in [0.717, 1.165) is 11.3 Å². The first-order valence-electron chi connectivity index (χ1n) is 11.6. The maximum Gasteiger partial charge on any atom is 0.207 e. The first-order valence-corrected chi connectivity index (χ1v) is 13.0. The molecule has 0 spiro atoms. The Morgan fingerprint density at radius 2 is 1.67 bits per heavy atom. The topological polar surface area (TPSA) is 54.0 Å². The average molecular weight is 462 g/mol. The molecule has 1 heterocycles. The minimum atomic E-state index is -0.112. The predicted molar refractivity (Wildman–Crippen MR) is 141 cm³/mol. The molecule has 1 aromatic heterocycles. The second kappa shape index (κ2) is 13.1. The van der Waals surface area contributed by atoms with Crippen LogP contribution in [0.15, 0.2) is 71.8 Å². The molecule has 1 amide bonds. The molecule has 5 heteroatoms. The summed E-state index contributed by atoms with van der Waals surface area (Å²) in [7, 11) is -0.112. The fourth-order valence-corrected chi connectivity index (χ4v) is 5.13. The maximum absolute atomic E-state index is 9.93. The summed E-state index contributed by atoms with van der Waals surface area (Å²) in [6, 6.07) is 21.7. The lowest BCUT2D eigenvalue weighted by molar-refractivity contribution is -0.109. The Morgan fingerprint density at radius 1 is 0.970 bits per heavy atom. The molecule has 2 N–H and O–H groups in total. The number of rotatable bonds is 7. The van der Waals surface area contributed by atoms with E-state index in [0.29, 0.717) is 19.0 Å². The maximum atomic E-state index is 9.93. The van der Waals surface area contributed by atoms with Crippen LogP contribution in [0.25, 0.3) is 11.1 Å². The first kappa shape index (κ1) is 24.9. The number of hydrogen-bond donors (Lipinski definition) is 2. The third-order valence-electron chi connectivity index (χ3n) is 5.79. The highest BCUT2D eigenvalue weighted by molar-refractivity contribution is 8.12. The molecule has 4 nitrogen and oxygen atoms in total. The van der Waals surface area contributed by atoms with E-state index in [1.807, 2.05) is 44.3 Å². The van der Waals surface area contributed by atoms with E-state index in [4.69, 9.17) is 0 Å². The van der Waals surface area contributed by atoms with Crippen molar-refractivity contribution in [3.05, 3.63) is 83.7 Å². The van der Waals surface area contributed by atoms with E-state index in [1.165, 1.54) is 53.7 Å². The van der Waals surface area contributed by atoms with Crippen LogP contribution in [0.3, 0.4) is 0 Å². The molecule has 3 aromatic rings. The zero-order chi connectivity index (χ0) is 23.5. The van der Waals surface area contributed by atoms with Gasteiger partial charge in [-0.25, -0.2) is 0 Å². The zero-order valence-corrected chi connectivity index (χ0v) is 20.5. The average Bonchev–Trinajstić information content (AvgIpc) is 2.85. The van der Waals surface area contributed by atoms with Crippen LogP contribution in [0.1, 0.15) is 48.9 Å². The normalized spacial score (nSPS) is 14.6. The van der Waals surface area contributed by atoms with Crippen LogP contribution in [0.5, 0.6) is 0 Å². The molecule has 1 aliphatic carbocycles. The summed E-state index contributed by atoms with van der Waals surface area (Å²) < 4.78 is 3.71. The molecule has 4 rings (SSSR count). The van der Waals surface area contributed by atoms with Gasteiger partial charge in [-0.15, -0.1) is 0 Å². The van der Waals surface area contributed by atoms with Gasteiger partial charge in [-0.3, -0.25) is 14.5 Å². The van der Waals surface area contributed by atoms with Crippen LogP contribution in [-0.4, -0.2) is 23.3 Å². The van der Waals surface area contributed by atoms with Crippen LogP contribution in [-0.2, 0) is 11.3 Å². The molecular weight excluding hydrogens is 426 g/mol. The van der Waals surface area contributed by atoms with Crippen molar-refractivity contribution in [1.29, 1.82) is 0 Å². The zero-order valence-electron chi connectivity index (χ0n) is 19.7. The monoisotopic (exact) mass is 461 g/mol. The number of carbonyl (C=O) groups is 1. The van der Waals surface area contributed by atoms with Gasteiger partial charge in [0.05, 0.1) is 0 Å².